The SMILES string of the molecule is O=C(NC1CCCCC1C(F)(F)F)C12CC3CC(CC(Br)(C3)C1)C2. The molecule has 4 unspecified atom stereocenters. The van der Waals surface area contributed by atoms with E-state index in [2.05, 4.69) is 21.2 Å². The Bertz CT molecular complexity index is 521. The number of amides is 1. The first-order chi connectivity index (χ1) is 11.2. The Balaban J connectivity index is 1.51. The molecule has 5 rings (SSSR count). The zero-order chi connectivity index (χ0) is 17.2. The molecular weight excluding hydrogens is 383 g/mol. The second-order valence-corrected chi connectivity index (χ2v) is 10.6. The topological polar surface area (TPSA) is 29.1 Å². The van der Waals surface area contributed by atoms with Crippen LogP contribution in [0.4, 0.5) is 13.2 Å². The van der Waals surface area contributed by atoms with Crippen molar-refractivity contribution < 1.29 is 18.0 Å². The fourth-order valence-electron chi connectivity index (χ4n) is 6.43. The number of carbonyl (C=O) groups excluding carboxylic acids is 1. The molecule has 2 nitrogen and oxygen atoms in total. The predicted molar refractivity (Wildman–Crippen MR) is 88.7 cm³/mol. The van der Waals surface area contributed by atoms with E-state index in [-0.39, 0.29) is 16.7 Å². The molecule has 0 spiro atoms. The largest absolute Gasteiger partial charge is 0.393 e. The summed E-state index contributed by atoms with van der Waals surface area (Å²) in [6, 6.07) is -0.731. The molecule has 6 heteroatoms. The van der Waals surface area contributed by atoms with Gasteiger partial charge in [0.1, 0.15) is 0 Å². The standard InChI is InChI=1S/C18H25BrF3NO/c19-17-8-11-5-12(9-17)7-16(6-11,10-17)15(24)23-14-4-2-1-3-13(14)18(20,21)22/h11-14H,1-10H2,(H,23,24). The number of nitrogens with one attached hydrogen (secondary N) is 1. The molecule has 4 bridgehead atoms. The van der Waals surface area contributed by atoms with E-state index >= 15 is 0 Å². The summed E-state index contributed by atoms with van der Waals surface area (Å²) in [6.07, 6.45) is 3.73. The lowest BCUT2D eigenvalue weighted by Gasteiger charge is -2.59. The molecule has 0 aliphatic heterocycles. The van der Waals surface area contributed by atoms with Crippen LogP contribution in [-0.2, 0) is 4.79 Å². The van der Waals surface area contributed by atoms with Gasteiger partial charge in [-0.1, -0.05) is 28.8 Å². The van der Waals surface area contributed by atoms with Gasteiger partial charge in [-0.2, -0.15) is 13.2 Å². The number of alkyl halides is 4. The molecule has 0 heterocycles. The Morgan fingerprint density at radius 1 is 1.04 bits per heavy atom. The van der Waals surface area contributed by atoms with Gasteiger partial charge in [-0.05, 0) is 63.2 Å². The number of hydrogen-bond donors (Lipinski definition) is 1. The van der Waals surface area contributed by atoms with Crippen LogP contribution < -0.4 is 5.32 Å². The summed E-state index contributed by atoms with van der Waals surface area (Å²) in [5, 5.41) is 2.87. The van der Waals surface area contributed by atoms with E-state index in [1.807, 2.05) is 0 Å². The van der Waals surface area contributed by atoms with Gasteiger partial charge in [-0.3, -0.25) is 4.79 Å². The minimum Gasteiger partial charge on any atom is -0.352 e. The van der Waals surface area contributed by atoms with E-state index < -0.39 is 23.6 Å². The molecule has 5 aliphatic carbocycles. The molecule has 5 aliphatic rings. The van der Waals surface area contributed by atoms with Crippen LogP contribution in [0.15, 0.2) is 0 Å². The zero-order valence-corrected chi connectivity index (χ0v) is 15.4. The molecule has 136 valence electrons. The normalized spacial score (nSPS) is 47.7. The van der Waals surface area contributed by atoms with Gasteiger partial charge in [-0.25, -0.2) is 0 Å². The highest BCUT2D eigenvalue weighted by atomic mass is 79.9. The molecular formula is C18H25BrF3NO. The van der Waals surface area contributed by atoms with Crippen molar-refractivity contribution in [2.75, 3.05) is 0 Å². The maximum atomic E-state index is 13.3. The maximum Gasteiger partial charge on any atom is 0.393 e. The first kappa shape index (κ1) is 17.2. The summed E-state index contributed by atoms with van der Waals surface area (Å²) in [4.78, 5) is 13.1. The predicted octanol–water partition coefficient (Wildman–Crippen LogP) is 4.96. The lowest BCUT2D eigenvalue weighted by atomic mass is 9.49. The van der Waals surface area contributed by atoms with Crippen LogP contribution in [0.3, 0.4) is 0 Å². The molecule has 24 heavy (non-hydrogen) atoms. The number of rotatable bonds is 2. The van der Waals surface area contributed by atoms with Crippen LogP contribution >= 0.6 is 15.9 Å². The van der Waals surface area contributed by atoms with Crippen LogP contribution in [0.25, 0.3) is 0 Å². The summed E-state index contributed by atoms with van der Waals surface area (Å²) < 4.78 is 40.0. The smallest absolute Gasteiger partial charge is 0.352 e. The fraction of sp³-hybridized carbons (Fsp3) is 0.944. The number of hydrogen-bond acceptors (Lipinski definition) is 1. The average Bonchev–Trinajstić information content (AvgIpc) is 2.44. The van der Waals surface area contributed by atoms with Crippen molar-refractivity contribution in [3.63, 3.8) is 0 Å². The van der Waals surface area contributed by atoms with Crippen molar-refractivity contribution in [2.45, 2.75) is 80.8 Å². The summed E-state index contributed by atoms with van der Waals surface area (Å²) in [7, 11) is 0. The highest BCUT2D eigenvalue weighted by molar-refractivity contribution is 9.10. The van der Waals surface area contributed by atoms with Gasteiger partial charge < -0.3 is 5.32 Å². The number of halogens is 4. The Hall–Kier alpha value is -0.260. The quantitative estimate of drug-likeness (QED) is 0.644. The first-order valence-corrected chi connectivity index (χ1v) is 10.1. The van der Waals surface area contributed by atoms with Gasteiger partial charge in [0, 0.05) is 10.4 Å². The van der Waals surface area contributed by atoms with Crippen molar-refractivity contribution in [3.05, 3.63) is 0 Å². The minimum atomic E-state index is -4.21. The maximum absolute atomic E-state index is 13.3. The van der Waals surface area contributed by atoms with Crippen molar-refractivity contribution in [3.8, 4) is 0 Å². The highest BCUT2D eigenvalue weighted by Gasteiger charge is 2.60. The van der Waals surface area contributed by atoms with Crippen LogP contribution in [0.1, 0.15) is 64.2 Å². The Morgan fingerprint density at radius 3 is 2.25 bits per heavy atom. The number of carbonyl (C=O) groups is 1. The van der Waals surface area contributed by atoms with Crippen LogP contribution in [0.5, 0.6) is 0 Å². The van der Waals surface area contributed by atoms with Gasteiger partial charge in [0.05, 0.1) is 11.3 Å². The van der Waals surface area contributed by atoms with E-state index in [0.717, 1.165) is 38.5 Å². The highest BCUT2D eigenvalue weighted by Crippen LogP contribution is 2.64. The molecule has 0 aromatic carbocycles. The molecule has 0 aromatic heterocycles. The monoisotopic (exact) mass is 407 g/mol. The van der Waals surface area contributed by atoms with Gasteiger partial charge in [-0.15, -0.1) is 0 Å². The van der Waals surface area contributed by atoms with Crippen molar-refractivity contribution in [1.82, 2.24) is 5.32 Å². The lowest BCUT2D eigenvalue weighted by Crippen LogP contribution is -2.60. The molecule has 4 atom stereocenters. The molecule has 5 saturated carbocycles. The Kier molecular flexibility index (Phi) is 4.02. The summed E-state index contributed by atoms with van der Waals surface area (Å²) in [5.74, 6) is -0.356. The molecule has 0 saturated heterocycles. The summed E-state index contributed by atoms with van der Waals surface area (Å²) in [5.41, 5.74) is -0.429. The fourth-order valence-corrected chi connectivity index (χ4v) is 7.89. The lowest BCUT2D eigenvalue weighted by molar-refractivity contribution is -0.190. The van der Waals surface area contributed by atoms with E-state index in [9.17, 15) is 18.0 Å². The molecule has 0 aromatic rings. The van der Waals surface area contributed by atoms with Gasteiger partial charge in [0.25, 0.3) is 0 Å². The second kappa shape index (κ2) is 5.62. The molecule has 1 N–H and O–H groups in total. The summed E-state index contributed by atoms with van der Waals surface area (Å²) >= 11 is 3.87. The van der Waals surface area contributed by atoms with E-state index in [0.29, 0.717) is 24.7 Å². The van der Waals surface area contributed by atoms with E-state index in [1.165, 1.54) is 6.42 Å². The third kappa shape index (κ3) is 2.90. The zero-order valence-electron chi connectivity index (χ0n) is 13.8. The molecule has 0 radical (unpaired) electrons. The van der Waals surface area contributed by atoms with Crippen molar-refractivity contribution in [1.29, 1.82) is 0 Å². The van der Waals surface area contributed by atoms with Crippen LogP contribution in [0.2, 0.25) is 0 Å². The Morgan fingerprint density at radius 2 is 1.67 bits per heavy atom. The van der Waals surface area contributed by atoms with Crippen LogP contribution in [0, 0.1) is 23.2 Å². The summed E-state index contributed by atoms with van der Waals surface area (Å²) in [6.45, 7) is 0. The molecule has 1 amide bonds. The van der Waals surface area contributed by atoms with Gasteiger partial charge in [0.15, 0.2) is 0 Å². The van der Waals surface area contributed by atoms with Crippen molar-refractivity contribution in [2.24, 2.45) is 23.2 Å². The van der Waals surface area contributed by atoms with Gasteiger partial charge >= 0.3 is 6.18 Å². The second-order valence-electron chi connectivity index (χ2n) is 8.90. The third-order valence-electron chi connectivity index (χ3n) is 6.97. The average molecular weight is 408 g/mol. The minimum absolute atomic E-state index is 0.0460. The van der Waals surface area contributed by atoms with Crippen LogP contribution in [-0.4, -0.2) is 22.4 Å². The van der Waals surface area contributed by atoms with E-state index in [4.69, 9.17) is 0 Å². The molecule has 5 fully saturated rings. The Labute approximate surface area is 149 Å². The van der Waals surface area contributed by atoms with Crippen molar-refractivity contribution >= 4 is 21.8 Å². The van der Waals surface area contributed by atoms with E-state index in [1.54, 1.807) is 0 Å². The third-order valence-corrected chi connectivity index (χ3v) is 7.90. The van der Waals surface area contributed by atoms with Gasteiger partial charge in [0.2, 0.25) is 5.91 Å². The first-order valence-electron chi connectivity index (χ1n) is 9.26.